The van der Waals surface area contributed by atoms with Crippen LogP contribution in [0.4, 0.5) is 0 Å². The second kappa shape index (κ2) is 22.5. The standard InChI is InChI=1S/C19H25O2.C5H10O2.3ClH.Ti/c1-5-10-16(11-6-2)20-18-14-9-15-19(18)21-17(12-7-3)13-8-4;1-5(2)6-3-4-7-5;;;;/h5-9,14,16-17,19H,1-4,10-13H2;3-4H2,1-2H3;3*1H;/q-1;;;;;+4/p-3/t19-;;;;;/m0...../s1. The maximum atomic E-state index is 6.03. The maximum Gasteiger partial charge on any atom is 4.00 e. The van der Waals surface area contributed by atoms with Crippen molar-refractivity contribution >= 4 is 0 Å². The van der Waals surface area contributed by atoms with Gasteiger partial charge in [-0.2, -0.15) is 6.08 Å². The number of allylic oxidation sites excluding steroid dienone is 2. The molecule has 180 valence electrons. The summed E-state index contributed by atoms with van der Waals surface area (Å²) in [4.78, 5) is 0. The topological polar surface area (TPSA) is 36.9 Å². The largest absolute Gasteiger partial charge is 4.00 e. The average Bonchev–Trinajstić information content (AvgIpc) is 3.25. The molecular weight excluding hydrogens is 506 g/mol. The average molecular weight is 542 g/mol. The molecule has 1 saturated heterocycles. The van der Waals surface area contributed by atoms with Crippen LogP contribution >= 0.6 is 0 Å². The van der Waals surface area contributed by atoms with Crippen LogP contribution in [0.1, 0.15) is 39.5 Å². The Morgan fingerprint density at radius 2 is 1.38 bits per heavy atom. The van der Waals surface area contributed by atoms with E-state index in [0.717, 1.165) is 44.7 Å². The van der Waals surface area contributed by atoms with Crippen LogP contribution in [0.5, 0.6) is 0 Å². The van der Waals surface area contributed by atoms with Gasteiger partial charge in [-0.1, -0.05) is 24.3 Å². The van der Waals surface area contributed by atoms with E-state index in [0.29, 0.717) is 0 Å². The molecule has 1 fully saturated rings. The number of hydrogen-bond donors (Lipinski definition) is 0. The molecular formula is C24H35Cl3O4Ti. The van der Waals surface area contributed by atoms with Gasteiger partial charge in [0.15, 0.2) is 5.79 Å². The van der Waals surface area contributed by atoms with Crippen molar-refractivity contribution in [2.45, 2.75) is 63.6 Å². The third-order valence-corrected chi connectivity index (χ3v) is 4.09. The molecule has 0 N–H and O–H groups in total. The Balaban J connectivity index is -0.000000306. The molecule has 8 heteroatoms. The Bertz CT molecular complexity index is 552. The molecule has 1 heterocycles. The van der Waals surface area contributed by atoms with Crippen molar-refractivity contribution in [3.63, 3.8) is 0 Å². The van der Waals surface area contributed by atoms with Crippen LogP contribution in [0, 0.1) is 6.08 Å². The zero-order valence-corrected chi connectivity index (χ0v) is 22.9. The summed E-state index contributed by atoms with van der Waals surface area (Å²) in [6.07, 6.45) is 17.3. The second-order valence-corrected chi connectivity index (χ2v) is 6.97. The molecule has 0 unspecified atom stereocenters. The Kier molecular flexibility index (Phi) is 27.4. The molecule has 0 spiro atoms. The van der Waals surface area contributed by atoms with Crippen molar-refractivity contribution in [2.24, 2.45) is 0 Å². The first-order chi connectivity index (χ1) is 13.5. The molecule has 0 amide bonds. The SMILES string of the molecule is C=CCC(CC=C)OC1=CC=[C-][C@@H]1OC(CC=C)CC=C.CC1(C)OCCO1.[Cl-].[Cl-].[Cl-].[Ti+4]. The minimum absolute atomic E-state index is 0. The number of ether oxygens (including phenoxy) is 4. The minimum atomic E-state index is -0.306. The van der Waals surface area contributed by atoms with Gasteiger partial charge in [0.2, 0.25) is 0 Å². The van der Waals surface area contributed by atoms with E-state index >= 15 is 0 Å². The summed E-state index contributed by atoms with van der Waals surface area (Å²) < 4.78 is 22.3. The van der Waals surface area contributed by atoms with Gasteiger partial charge in [0.05, 0.1) is 19.3 Å². The Morgan fingerprint density at radius 1 is 0.938 bits per heavy atom. The van der Waals surface area contributed by atoms with Crippen molar-refractivity contribution < 1.29 is 77.9 Å². The minimum Gasteiger partial charge on any atom is -1.00 e. The molecule has 0 bridgehead atoms. The molecule has 0 radical (unpaired) electrons. The second-order valence-electron chi connectivity index (χ2n) is 6.97. The van der Waals surface area contributed by atoms with E-state index in [2.05, 4.69) is 32.4 Å². The summed E-state index contributed by atoms with van der Waals surface area (Å²) in [5, 5.41) is 0. The molecule has 0 aromatic heterocycles. The Hall–Kier alpha value is -0.296. The van der Waals surface area contributed by atoms with Gasteiger partial charge in [0.25, 0.3) is 0 Å². The first-order valence-electron chi connectivity index (χ1n) is 9.78. The van der Waals surface area contributed by atoms with Gasteiger partial charge in [-0.05, 0) is 26.7 Å². The van der Waals surface area contributed by atoms with Crippen LogP contribution in [0.25, 0.3) is 0 Å². The molecule has 2 rings (SSSR count). The molecule has 1 aliphatic carbocycles. The van der Waals surface area contributed by atoms with Crippen molar-refractivity contribution in [3.8, 4) is 0 Å². The predicted molar refractivity (Wildman–Crippen MR) is 115 cm³/mol. The molecule has 0 saturated carbocycles. The van der Waals surface area contributed by atoms with Gasteiger partial charge in [-0.25, -0.2) is 12.2 Å². The first kappa shape index (κ1) is 38.9. The van der Waals surface area contributed by atoms with E-state index in [1.54, 1.807) is 0 Å². The van der Waals surface area contributed by atoms with Crippen molar-refractivity contribution in [2.75, 3.05) is 13.2 Å². The van der Waals surface area contributed by atoms with Gasteiger partial charge in [0, 0.05) is 24.7 Å². The third-order valence-electron chi connectivity index (χ3n) is 4.09. The summed E-state index contributed by atoms with van der Waals surface area (Å²) in [7, 11) is 0. The van der Waals surface area contributed by atoms with Crippen LogP contribution in [-0.4, -0.2) is 37.3 Å². The van der Waals surface area contributed by atoms with E-state index in [1.165, 1.54) is 0 Å². The van der Waals surface area contributed by atoms with Crippen LogP contribution in [0.15, 0.2) is 68.5 Å². The summed E-state index contributed by atoms with van der Waals surface area (Å²) in [6, 6.07) is 0. The molecule has 32 heavy (non-hydrogen) atoms. The molecule has 0 aromatic carbocycles. The number of rotatable bonds is 12. The summed E-state index contributed by atoms with van der Waals surface area (Å²) in [5.41, 5.74) is 0. The van der Waals surface area contributed by atoms with E-state index in [1.807, 2.05) is 50.3 Å². The molecule has 4 nitrogen and oxygen atoms in total. The summed E-state index contributed by atoms with van der Waals surface area (Å²) in [6.45, 7) is 20.4. The number of halogens is 3. The van der Waals surface area contributed by atoms with Crippen molar-refractivity contribution in [1.82, 2.24) is 0 Å². The predicted octanol–water partition coefficient (Wildman–Crippen LogP) is -3.53. The maximum absolute atomic E-state index is 6.03. The van der Waals surface area contributed by atoms with E-state index in [-0.39, 0.29) is 83.0 Å². The van der Waals surface area contributed by atoms with Crippen molar-refractivity contribution in [1.29, 1.82) is 0 Å². The van der Waals surface area contributed by atoms with Crippen LogP contribution in [0.2, 0.25) is 0 Å². The van der Waals surface area contributed by atoms with Gasteiger partial charge in [-0.3, -0.25) is 0 Å². The fourth-order valence-corrected chi connectivity index (χ4v) is 2.74. The monoisotopic (exact) mass is 540 g/mol. The van der Waals surface area contributed by atoms with Crippen molar-refractivity contribution in [3.05, 3.63) is 74.6 Å². The first-order valence-corrected chi connectivity index (χ1v) is 9.78. The fraction of sp³-hybridized carbons (Fsp3) is 0.500. The normalized spacial score (nSPS) is 17.2. The summed E-state index contributed by atoms with van der Waals surface area (Å²) >= 11 is 0. The molecule has 1 atom stereocenters. The zero-order valence-electron chi connectivity index (χ0n) is 19.0. The Morgan fingerprint density at radius 3 is 1.75 bits per heavy atom. The zero-order chi connectivity index (χ0) is 20.8. The van der Waals surface area contributed by atoms with Gasteiger partial charge in [-0.15, -0.1) is 26.3 Å². The number of hydrogen-bond acceptors (Lipinski definition) is 4. The van der Waals surface area contributed by atoms with E-state index in [9.17, 15) is 0 Å². The van der Waals surface area contributed by atoms with Gasteiger partial charge >= 0.3 is 21.7 Å². The smallest absolute Gasteiger partial charge is 1.00 e. The van der Waals surface area contributed by atoms with E-state index in [4.69, 9.17) is 18.9 Å². The fourth-order valence-electron chi connectivity index (χ4n) is 2.74. The van der Waals surface area contributed by atoms with Crippen LogP contribution < -0.4 is 37.2 Å². The van der Waals surface area contributed by atoms with Crippen LogP contribution in [0.3, 0.4) is 0 Å². The van der Waals surface area contributed by atoms with Gasteiger partial charge < -0.3 is 56.2 Å². The third kappa shape index (κ3) is 16.3. The summed E-state index contributed by atoms with van der Waals surface area (Å²) in [5.74, 6) is 0.488. The molecule has 2 aliphatic rings. The van der Waals surface area contributed by atoms with Crippen LogP contribution in [-0.2, 0) is 40.7 Å². The van der Waals surface area contributed by atoms with Gasteiger partial charge in [0.1, 0.15) is 6.10 Å². The molecule has 1 aliphatic heterocycles. The molecule has 0 aromatic rings. The van der Waals surface area contributed by atoms with E-state index < -0.39 is 0 Å². The quantitative estimate of drug-likeness (QED) is 0.146. The Labute approximate surface area is 228 Å².